The van der Waals surface area contributed by atoms with Gasteiger partial charge >= 0.3 is 0 Å². The smallest absolute Gasteiger partial charge is 0.0320 e. The molecule has 0 saturated carbocycles. The fraction of sp³-hybridized carbons (Fsp3) is 0.385. The highest BCUT2D eigenvalue weighted by Gasteiger charge is 2.06. The van der Waals surface area contributed by atoms with Gasteiger partial charge in [0, 0.05) is 13.1 Å². The molecule has 2 rings (SSSR count). The van der Waals surface area contributed by atoms with Crippen LogP contribution in [-0.4, -0.2) is 13.1 Å². The van der Waals surface area contributed by atoms with Crippen molar-refractivity contribution in [1.82, 2.24) is 5.32 Å². The Hall–Kier alpha value is -1.08. The fourth-order valence-corrected chi connectivity index (χ4v) is 1.99. The summed E-state index contributed by atoms with van der Waals surface area (Å²) in [6.45, 7) is 6.19. The first-order valence-electron chi connectivity index (χ1n) is 5.16. The zero-order chi connectivity index (χ0) is 9.97. The molecule has 1 heterocycles. The molecule has 1 aliphatic heterocycles. The molecule has 0 spiro atoms. The molecule has 73 valence electrons. The van der Waals surface area contributed by atoms with Crippen molar-refractivity contribution in [3.63, 3.8) is 0 Å². The summed E-state index contributed by atoms with van der Waals surface area (Å²) in [5.41, 5.74) is 5.55. The van der Waals surface area contributed by atoms with Crippen LogP contribution in [0.2, 0.25) is 0 Å². The van der Waals surface area contributed by atoms with E-state index in [0.29, 0.717) is 0 Å². The summed E-state index contributed by atoms with van der Waals surface area (Å²) in [7, 11) is 0. The Morgan fingerprint density at radius 3 is 2.36 bits per heavy atom. The van der Waals surface area contributed by atoms with Gasteiger partial charge in [0.05, 0.1) is 0 Å². The molecule has 1 aromatic carbocycles. The topological polar surface area (TPSA) is 14.1 Å². The molecule has 14 heavy (non-hydrogen) atoms. The molecule has 1 aliphatic rings. The lowest BCUT2D eigenvalue weighted by Gasteiger charge is -2.14. The van der Waals surface area contributed by atoms with E-state index >= 15 is 0 Å². The fourth-order valence-electron chi connectivity index (χ4n) is 1.99. The van der Waals surface area contributed by atoms with Crippen LogP contribution in [-0.2, 0) is 0 Å². The summed E-state index contributed by atoms with van der Waals surface area (Å²) in [5, 5.41) is 4.32. The molecule has 1 aromatic rings. The molecule has 1 heteroatoms. The second-order valence-electron chi connectivity index (χ2n) is 3.99. The highest BCUT2D eigenvalue weighted by atomic mass is 14.8. The molecule has 0 aliphatic carbocycles. The third kappa shape index (κ3) is 2.05. The predicted molar refractivity (Wildman–Crippen MR) is 60.4 cm³/mol. The lowest BCUT2D eigenvalue weighted by atomic mass is 9.97. The molecule has 1 nitrogen and oxygen atoms in total. The van der Waals surface area contributed by atoms with E-state index in [0.717, 1.165) is 19.5 Å². The van der Waals surface area contributed by atoms with Gasteiger partial charge in [0.25, 0.3) is 0 Å². The van der Waals surface area contributed by atoms with E-state index in [1.165, 1.54) is 22.3 Å². The maximum absolute atomic E-state index is 4.32. The van der Waals surface area contributed by atoms with Gasteiger partial charge < -0.3 is 0 Å². The maximum atomic E-state index is 4.32. The van der Waals surface area contributed by atoms with Crippen molar-refractivity contribution in [2.45, 2.75) is 20.3 Å². The van der Waals surface area contributed by atoms with Crippen LogP contribution in [0.3, 0.4) is 0 Å². The average molecular weight is 186 g/mol. The van der Waals surface area contributed by atoms with Crippen LogP contribution in [0.1, 0.15) is 23.1 Å². The Balaban J connectivity index is 2.35. The average Bonchev–Trinajstić information content (AvgIpc) is 2.18. The minimum Gasteiger partial charge on any atom is -0.237 e. The van der Waals surface area contributed by atoms with E-state index in [2.05, 4.69) is 43.4 Å². The van der Waals surface area contributed by atoms with Crippen molar-refractivity contribution in [1.29, 1.82) is 0 Å². The molecule has 0 N–H and O–H groups in total. The second-order valence-corrected chi connectivity index (χ2v) is 3.99. The largest absolute Gasteiger partial charge is 0.237 e. The predicted octanol–water partition coefficient (Wildman–Crippen LogP) is 2.69. The standard InChI is InChI=1S/C13H16N/c1-10-7-11(2)9-13(8-10)12-3-5-14-6-4-12/h3,7-9H,4-6H2,1-2H3. The molecule has 0 fully saturated rings. The van der Waals surface area contributed by atoms with Gasteiger partial charge in [0.1, 0.15) is 0 Å². The summed E-state index contributed by atoms with van der Waals surface area (Å²) in [4.78, 5) is 0. The Labute approximate surface area is 85.8 Å². The lowest BCUT2D eigenvalue weighted by Crippen LogP contribution is -2.12. The van der Waals surface area contributed by atoms with Crippen LogP contribution in [0.15, 0.2) is 24.3 Å². The number of hydrogen-bond donors (Lipinski definition) is 0. The highest BCUT2D eigenvalue weighted by Crippen LogP contribution is 2.22. The van der Waals surface area contributed by atoms with Gasteiger partial charge in [0.15, 0.2) is 0 Å². The molecule has 0 atom stereocenters. The number of aryl methyl sites for hydroxylation is 2. The van der Waals surface area contributed by atoms with E-state index in [-0.39, 0.29) is 0 Å². The molecule has 0 aromatic heterocycles. The molecule has 1 radical (unpaired) electrons. The SMILES string of the molecule is Cc1cc(C)cc(C2=CC[N]CC2)c1. The molecular formula is C13H16N. The van der Waals surface area contributed by atoms with E-state index in [4.69, 9.17) is 0 Å². The number of rotatable bonds is 1. The monoisotopic (exact) mass is 186 g/mol. The summed E-state index contributed by atoms with van der Waals surface area (Å²) < 4.78 is 0. The molecular weight excluding hydrogens is 170 g/mol. The zero-order valence-electron chi connectivity index (χ0n) is 8.88. The van der Waals surface area contributed by atoms with E-state index in [9.17, 15) is 0 Å². The van der Waals surface area contributed by atoms with E-state index in [1.54, 1.807) is 0 Å². The summed E-state index contributed by atoms with van der Waals surface area (Å²) in [6, 6.07) is 6.76. The van der Waals surface area contributed by atoms with Crippen LogP contribution in [0.5, 0.6) is 0 Å². The van der Waals surface area contributed by atoms with Crippen molar-refractivity contribution in [2.75, 3.05) is 13.1 Å². The van der Waals surface area contributed by atoms with Crippen LogP contribution in [0, 0.1) is 13.8 Å². The third-order valence-electron chi connectivity index (χ3n) is 2.60. The summed E-state index contributed by atoms with van der Waals surface area (Å²) in [6.07, 6.45) is 3.35. The molecule has 0 amide bonds. The van der Waals surface area contributed by atoms with E-state index < -0.39 is 0 Å². The number of nitrogens with zero attached hydrogens (tertiary/aromatic N) is 1. The van der Waals surface area contributed by atoms with Gasteiger partial charge in [-0.2, -0.15) is 0 Å². The Morgan fingerprint density at radius 2 is 1.79 bits per heavy atom. The minimum atomic E-state index is 0.891. The minimum absolute atomic E-state index is 0.891. The first-order valence-corrected chi connectivity index (χ1v) is 5.16. The summed E-state index contributed by atoms with van der Waals surface area (Å²) >= 11 is 0. The molecule has 0 bridgehead atoms. The summed E-state index contributed by atoms with van der Waals surface area (Å²) in [5.74, 6) is 0. The first-order chi connectivity index (χ1) is 6.75. The van der Waals surface area contributed by atoms with Crippen LogP contribution < -0.4 is 5.32 Å². The Morgan fingerprint density at radius 1 is 1.07 bits per heavy atom. The van der Waals surface area contributed by atoms with Gasteiger partial charge in [0.2, 0.25) is 0 Å². The Kier molecular flexibility index (Phi) is 2.69. The van der Waals surface area contributed by atoms with Crippen molar-refractivity contribution in [3.8, 4) is 0 Å². The third-order valence-corrected chi connectivity index (χ3v) is 2.60. The van der Waals surface area contributed by atoms with E-state index in [1.807, 2.05) is 0 Å². The van der Waals surface area contributed by atoms with Gasteiger partial charge in [-0.15, -0.1) is 0 Å². The van der Waals surface area contributed by atoms with Crippen molar-refractivity contribution < 1.29 is 0 Å². The highest BCUT2D eigenvalue weighted by molar-refractivity contribution is 5.67. The van der Waals surface area contributed by atoms with Crippen molar-refractivity contribution in [3.05, 3.63) is 41.0 Å². The van der Waals surface area contributed by atoms with Gasteiger partial charge in [-0.1, -0.05) is 35.4 Å². The molecule has 0 saturated heterocycles. The number of benzene rings is 1. The van der Waals surface area contributed by atoms with Crippen molar-refractivity contribution in [2.24, 2.45) is 0 Å². The normalized spacial score (nSPS) is 16.6. The quantitative estimate of drug-likeness (QED) is 0.640. The van der Waals surface area contributed by atoms with Crippen molar-refractivity contribution >= 4 is 5.57 Å². The molecule has 0 unspecified atom stereocenters. The maximum Gasteiger partial charge on any atom is 0.0320 e. The van der Waals surface area contributed by atoms with Gasteiger partial charge in [-0.05, 0) is 31.4 Å². The Bertz CT molecular complexity index is 343. The van der Waals surface area contributed by atoms with Crippen LogP contribution in [0.4, 0.5) is 0 Å². The first kappa shape index (κ1) is 9.47. The van der Waals surface area contributed by atoms with Gasteiger partial charge in [-0.3, -0.25) is 0 Å². The van der Waals surface area contributed by atoms with Gasteiger partial charge in [-0.25, -0.2) is 5.32 Å². The van der Waals surface area contributed by atoms with Crippen LogP contribution in [0.25, 0.3) is 5.57 Å². The zero-order valence-corrected chi connectivity index (χ0v) is 8.88. The lowest BCUT2D eigenvalue weighted by molar-refractivity contribution is 0.723. The number of hydrogen-bond acceptors (Lipinski definition) is 0. The second kappa shape index (κ2) is 3.97. The van der Waals surface area contributed by atoms with Crippen LogP contribution >= 0.6 is 0 Å².